The van der Waals surface area contributed by atoms with E-state index in [4.69, 9.17) is 23.5 Å². The molecule has 0 unspecified atom stereocenters. The third-order valence-corrected chi connectivity index (χ3v) is 12.6. The van der Waals surface area contributed by atoms with Gasteiger partial charge in [-0.3, -0.25) is 0 Å². The highest BCUT2D eigenvalue weighted by Gasteiger charge is 2.39. The normalized spacial score (nSPS) is 12.1. The van der Waals surface area contributed by atoms with Gasteiger partial charge in [-0.1, -0.05) is 0 Å². The van der Waals surface area contributed by atoms with E-state index in [2.05, 4.69) is 0 Å². The van der Waals surface area contributed by atoms with Gasteiger partial charge in [-0.05, 0) is 22.5 Å². The second kappa shape index (κ2) is 13.1. The van der Waals surface area contributed by atoms with Crippen molar-refractivity contribution in [3.8, 4) is 160 Å². The van der Waals surface area contributed by atoms with Gasteiger partial charge < -0.3 is 112 Å². The lowest BCUT2D eigenvalue weighted by atomic mass is 9.76. The molecule has 340 valence electrons. The van der Waals surface area contributed by atoms with Gasteiger partial charge in [0, 0.05) is 59.8 Å². The van der Waals surface area contributed by atoms with Crippen molar-refractivity contribution in [1.29, 1.82) is 0 Å². The van der Waals surface area contributed by atoms with Crippen LogP contribution in [0.1, 0.15) is 0 Å². The Morgan fingerprint density at radius 2 is 0.507 bits per heavy atom. The summed E-state index contributed by atoms with van der Waals surface area (Å²) >= 11 is 0. The first-order valence-electron chi connectivity index (χ1n) is 19.1. The first-order chi connectivity index (χ1) is 32.3. The molecule has 0 heterocycles. The Morgan fingerprint density at radius 1 is 0.188 bits per heavy atom. The van der Waals surface area contributed by atoms with Crippen LogP contribution >= 0.6 is 0 Å². The lowest BCUT2D eigenvalue weighted by Crippen LogP contribution is -2.11. The summed E-state index contributed by atoms with van der Waals surface area (Å²) < 4.78 is 0. The summed E-state index contributed by atoms with van der Waals surface area (Å²) in [6.07, 6.45) is 0. The van der Waals surface area contributed by atoms with Crippen LogP contribution in [0.15, 0.2) is 6.07 Å². The highest BCUT2D eigenvalue weighted by Crippen LogP contribution is 2.67. The van der Waals surface area contributed by atoms with E-state index >= 15 is 0 Å². The molecule has 10 aromatic carbocycles. The summed E-state index contributed by atoms with van der Waals surface area (Å²) in [5.41, 5.74) is -10.4. The molecule has 22 nitrogen and oxygen atoms in total. The van der Waals surface area contributed by atoms with E-state index in [0.29, 0.717) is 6.07 Å². The molecule has 0 saturated heterocycles. The highest BCUT2D eigenvalue weighted by atomic mass is 16.4. The molecule has 0 amide bonds. The number of phenols is 22. The van der Waals surface area contributed by atoms with Gasteiger partial charge in [-0.15, -0.1) is 0 Å². The van der Waals surface area contributed by atoms with Gasteiger partial charge in [-0.25, -0.2) is 0 Å². The van der Waals surface area contributed by atoms with Crippen LogP contribution < -0.4 is 16.4 Å². The molecular formula is C44H23B3O22. The Kier molecular flexibility index (Phi) is 8.18. The van der Waals surface area contributed by atoms with E-state index in [1.54, 1.807) is 0 Å². The molecule has 6 radical (unpaired) electrons. The molecule has 22 N–H and O–H groups in total. The summed E-state index contributed by atoms with van der Waals surface area (Å²) in [6, 6.07) is 0.548. The van der Waals surface area contributed by atoms with E-state index in [1.165, 1.54) is 0 Å². The third kappa shape index (κ3) is 4.65. The van der Waals surface area contributed by atoms with Crippen molar-refractivity contribution in [2.45, 2.75) is 0 Å². The van der Waals surface area contributed by atoms with Crippen LogP contribution in [0.4, 0.5) is 0 Å². The van der Waals surface area contributed by atoms with Gasteiger partial charge in [0.25, 0.3) is 0 Å². The van der Waals surface area contributed by atoms with Gasteiger partial charge in [-0.2, -0.15) is 0 Å². The smallest absolute Gasteiger partial charge is 0.204 e. The standard InChI is InChI=1S/C44H23B3O22/c45-21-14-9-7-4(27(21)52)2(1-3(48)6(7)29(54)34(59)16(9)37(62)41(66)32(14)57)5-24(49)19(26(51)20(25(5)50)15-23(47)40(65)44(69)43(68)33(15)58)12-11-8-10-17(35(60)30(11)55)38(63)42(67)39(64)18(10)36(61)31(56)13(8)22(46)28(12)53/h1,48-69H. The molecule has 0 fully saturated rings. The largest absolute Gasteiger partial charge is 0.508 e. The quantitative estimate of drug-likeness (QED) is 0.0523. The summed E-state index contributed by atoms with van der Waals surface area (Å²) in [4.78, 5) is 0. The van der Waals surface area contributed by atoms with Crippen molar-refractivity contribution in [2.75, 3.05) is 0 Å². The van der Waals surface area contributed by atoms with Crippen LogP contribution in [-0.4, -0.2) is 136 Å². The minimum atomic E-state index is -1.63. The zero-order valence-corrected chi connectivity index (χ0v) is 33.6. The minimum Gasteiger partial charge on any atom is -0.508 e. The average Bonchev–Trinajstić information content (AvgIpc) is 3.30. The van der Waals surface area contributed by atoms with Crippen molar-refractivity contribution in [3.63, 3.8) is 0 Å². The first-order valence-corrected chi connectivity index (χ1v) is 19.1. The molecule has 10 rings (SSSR count). The van der Waals surface area contributed by atoms with Gasteiger partial charge in [0.1, 0.15) is 58.0 Å². The molecule has 0 spiro atoms. The fraction of sp³-hybridized carbons (Fsp3) is 0. The molecule has 10 aromatic rings. The number of hydrogen-bond donors (Lipinski definition) is 22. The number of rotatable bonds is 3. The third-order valence-electron chi connectivity index (χ3n) is 12.6. The number of aromatic hydroxyl groups is 22. The molecule has 0 aliphatic heterocycles. The Bertz CT molecular complexity index is 4050. The molecule has 0 aliphatic rings. The Balaban J connectivity index is 1.53. The van der Waals surface area contributed by atoms with Gasteiger partial charge in [0.2, 0.25) is 23.0 Å². The Morgan fingerprint density at radius 3 is 1.01 bits per heavy atom. The van der Waals surface area contributed by atoms with E-state index in [1.807, 2.05) is 0 Å². The summed E-state index contributed by atoms with van der Waals surface area (Å²) in [5, 5.41) is 239. The van der Waals surface area contributed by atoms with Crippen molar-refractivity contribution >= 4 is 105 Å². The fourth-order valence-electron chi connectivity index (χ4n) is 9.58. The second-order valence-electron chi connectivity index (χ2n) is 15.9. The van der Waals surface area contributed by atoms with Crippen LogP contribution in [0.5, 0.6) is 126 Å². The second-order valence-corrected chi connectivity index (χ2v) is 15.9. The van der Waals surface area contributed by atoms with Crippen LogP contribution in [0.25, 0.3) is 98.0 Å². The molecular weight excluding hydrogens is 913 g/mol. The maximum Gasteiger partial charge on any atom is 0.204 e. The van der Waals surface area contributed by atoms with Crippen LogP contribution in [0, 0.1) is 0 Å². The first kappa shape index (κ1) is 43.0. The van der Waals surface area contributed by atoms with Crippen molar-refractivity contribution in [1.82, 2.24) is 0 Å². The van der Waals surface area contributed by atoms with Crippen molar-refractivity contribution in [3.05, 3.63) is 6.07 Å². The van der Waals surface area contributed by atoms with E-state index in [9.17, 15) is 112 Å². The monoisotopic (exact) mass is 936 g/mol. The molecule has 0 atom stereocenters. The lowest BCUT2D eigenvalue weighted by Gasteiger charge is -2.26. The minimum absolute atomic E-state index is 0.548. The van der Waals surface area contributed by atoms with Crippen molar-refractivity contribution < 1.29 is 112 Å². The predicted octanol–water partition coefficient (Wildman–Crippen LogP) is 2.39. The summed E-state index contributed by atoms with van der Waals surface area (Å²) in [7, 11) is 18.7. The Labute approximate surface area is 382 Å². The molecule has 0 saturated carbocycles. The summed E-state index contributed by atoms with van der Waals surface area (Å²) in [6.45, 7) is 0. The van der Waals surface area contributed by atoms with Crippen LogP contribution in [0.3, 0.4) is 0 Å². The number of hydrogen-bond acceptors (Lipinski definition) is 22. The van der Waals surface area contributed by atoms with Gasteiger partial charge in [0.15, 0.2) is 69.0 Å². The van der Waals surface area contributed by atoms with E-state index < -0.39 is 241 Å². The predicted molar refractivity (Wildman–Crippen MR) is 243 cm³/mol. The molecule has 0 aliphatic carbocycles. The number of phenolic OH excluding ortho intramolecular Hbond substituents is 22. The van der Waals surface area contributed by atoms with Gasteiger partial charge in [0.05, 0.1) is 38.2 Å². The summed E-state index contributed by atoms with van der Waals surface area (Å²) in [5.74, 6) is -30.6. The maximum absolute atomic E-state index is 12.6. The zero-order chi connectivity index (χ0) is 50.5. The number of benzene rings is 10. The van der Waals surface area contributed by atoms with Crippen LogP contribution in [-0.2, 0) is 0 Å². The highest BCUT2D eigenvalue weighted by molar-refractivity contribution is 6.50. The lowest BCUT2D eigenvalue weighted by molar-refractivity contribution is 0.348. The average molecular weight is 936 g/mol. The Hall–Kier alpha value is -9.93. The SMILES string of the molecule is [B]c1c(O)c(O)c(O)c(O)c1-c1c(O)c(-c2cc(O)c3c(O)c(O)c4c(O)c(O)c(O)c5c([B])c(O)c2c3c54)c(O)c(-c2c(O)c([B])c3c(O)c(O)c4c(O)c(O)c(O)c5c(O)c(O)c2c3c45)c1O. The zero-order valence-electron chi connectivity index (χ0n) is 33.6. The molecule has 0 aromatic heterocycles. The molecule has 25 heteroatoms. The molecule has 69 heavy (non-hydrogen) atoms. The maximum atomic E-state index is 12.6. The van der Waals surface area contributed by atoms with Crippen LogP contribution in [0.2, 0.25) is 0 Å². The van der Waals surface area contributed by atoms with E-state index in [-0.39, 0.29) is 0 Å². The fourth-order valence-corrected chi connectivity index (χ4v) is 9.58. The van der Waals surface area contributed by atoms with Crippen molar-refractivity contribution in [2.24, 2.45) is 0 Å². The van der Waals surface area contributed by atoms with Gasteiger partial charge >= 0.3 is 0 Å². The molecule has 0 bridgehead atoms. The topological polar surface area (TPSA) is 445 Å². The van der Waals surface area contributed by atoms with E-state index in [0.717, 1.165) is 0 Å².